The summed E-state index contributed by atoms with van der Waals surface area (Å²) in [7, 11) is 0. The van der Waals surface area contributed by atoms with Gasteiger partial charge in [-0.1, -0.05) is 12.1 Å². The number of carboxylic acids is 1. The van der Waals surface area contributed by atoms with Crippen LogP contribution in [0, 0.1) is 11.8 Å². The summed E-state index contributed by atoms with van der Waals surface area (Å²) in [5, 5.41) is 8.82. The Hall–Kier alpha value is -2.24. The van der Waals surface area contributed by atoms with Gasteiger partial charge in [0.05, 0.1) is 0 Å². The normalized spacial score (nSPS) is 19.0. The van der Waals surface area contributed by atoms with Crippen molar-refractivity contribution in [1.82, 2.24) is 4.90 Å². The number of carboxylic acid groups (broad SMARTS) is 1. The number of hydrogen-bond acceptors (Lipinski definition) is 4. The molecule has 2 saturated heterocycles. The minimum Gasteiger partial charge on any atom is -0.481 e. The van der Waals surface area contributed by atoms with Crippen molar-refractivity contribution in [2.45, 2.75) is 64.9 Å². The first-order valence-electron chi connectivity index (χ1n) is 11.2. The van der Waals surface area contributed by atoms with E-state index in [1.165, 1.54) is 18.5 Å². The summed E-state index contributed by atoms with van der Waals surface area (Å²) >= 11 is 0. The number of amides is 1. The Morgan fingerprint density at radius 1 is 0.967 bits per heavy atom. The van der Waals surface area contributed by atoms with Crippen molar-refractivity contribution in [2.24, 2.45) is 11.8 Å². The molecule has 1 aromatic carbocycles. The van der Waals surface area contributed by atoms with Crippen LogP contribution in [-0.2, 0) is 16.0 Å². The first kappa shape index (κ1) is 22.4. The highest BCUT2D eigenvalue weighted by Gasteiger charge is 2.32. The second kappa shape index (κ2) is 9.71. The van der Waals surface area contributed by atoms with Crippen LogP contribution in [0.5, 0.6) is 0 Å². The zero-order chi connectivity index (χ0) is 21.7. The standard InChI is InChI=1S/C24H36N2O4/c1-24(2,3)30-23(29)26-16-12-20(13-17-26)19-10-14-25(15-11-19)21-7-4-18(5-8-21)6-9-22(27)28/h4-5,7-8,19-20H,6,9-17H2,1-3H3,(H,27,28). The third-order valence-corrected chi connectivity index (χ3v) is 6.33. The lowest BCUT2D eigenvalue weighted by Gasteiger charge is -2.41. The average molecular weight is 417 g/mol. The molecule has 2 heterocycles. The molecule has 2 aliphatic rings. The zero-order valence-corrected chi connectivity index (χ0v) is 18.6. The Kier molecular flexibility index (Phi) is 7.27. The maximum absolute atomic E-state index is 12.3. The van der Waals surface area contributed by atoms with Crippen LogP contribution in [0.4, 0.5) is 10.5 Å². The quantitative estimate of drug-likeness (QED) is 0.761. The fraction of sp³-hybridized carbons (Fsp3) is 0.667. The summed E-state index contributed by atoms with van der Waals surface area (Å²) in [5.41, 5.74) is 1.87. The van der Waals surface area contributed by atoms with Crippen molar-refractivity contribution in [1.29, 1.82) is 0 Å². The summed E-state index contributed by atoms with van der Waals surface area (Å²) in [6, 6.07) is 8.35. The molecule has 0 unspecified atom stereocenters. The largest absolute Gasteiger partial charge is 0.481 e. The smallest absolute Gasteiger partial charge is 0.410 e. The van der Waals surface area contributed by atoms with Gasteiger partial charge in [0.2, 0.25) is 0 Å². The number of ether oxygens (including phenoxy) is 1. The maximum Gasteiger partial charge on any atom is 0.410 e. The number of likely N-dealkylation sites (tertiary alicyclic amines) is 1. The van der Waals surface area contributed by atoms with Crippen LogP contribution in [0.1, 0.15) is 58.4 Å². The fourth-order valence-corrected chi connectivity index (χ4v) is 4.63. The van der Waals surface area contributed by atoms with E-state index in [1.807, 2.05) is 25.7 Å². The summed E-state index contributed by atoms with van der Waals surface area (Å²) in [5.74, 6) is 0.680. The third-order valence-electron chi connectivity index (χ3n) is 6.33. The average Bonchev–Trinajstić information content (AvgIpc) is 2.72. The molecule has 0 atom stereocenters. The molecule has 1 amide bonds. The lowest BCUT2D eigenvalue weighted by molar-refractivity contribution is -0.136. The number of carbonyl (C=O) groups excluding carboxylic acids is 1. The van der Waals surface area contributed by atoms with E-state index in [2.05, 4.69) is 29.2 Å². The highest BCUT2D eigenvalue weighted by molar-refractivity contribution is 5.68. The highest BCUT2D eigenvalue weighted by Crippen LogP contribution is 2.34. The molecule has 166 valence electrons. The van der Waals surface area contributed by atoms with Crippen LogP contribution >= 0.6 is 0 Å². The summed E-state index contributed by atoms with van der Waals surface area (Å²) in [6.45, 7) is 9.46. The van der Waals surface area contributed by atoms with Gasteiger partial charge in [0, 0.05) is 38.3 Å². The Morgan fingerprint density at radius 3 is 2.00 bits per heavy atom. The summed E-state index contributed by atoms with van der Waals surface area (Å²) in [6.07, 6.45) is 5.11. The van der Waals surface area contributed by atoms with E-state index in [0.29, 0.717) is 12.3 Å². The SMILES string of the molecule is CC(C)(C)OC(=O)N1CCC(C2CCN(c3ccc(CCC(=O)O)cc3)CC2)CC1. The van der Waals surface area contributed by atoms with Gasteiger partial charge >= 0.3 is 12.1 Å². The topological polar surface area (TPSA) is 70.1 Å². The van der Waals surface area contributed by atoms with Gasteiger partial charge in [-0.25, -0.2) is 4.79 Å². The van der Waals surface area contributed by atoms with Crippen LogP contribution in [-0.4, -0.2) is 53.8 Å². The third kappa shape index (κ3) is 6.38. The number of piperidine rings is 2. The van der Waals surface area contributed by atoms with Crippen LogP contribution in [0.3, 0.4) is 0 Å². The lowest BCUT2D eigenvalue weighted by Crippen LogP contribution is -2.44. The van der Waals surface area contributed by atoms with Crippen LogP contribution in [0.25, 0.3) is 0 Å². The number of rotatable bonds is 5. The molecule has 6 nitrogen and oxygen atoms in total. The van der Waals surface area contributed by atoms with Gasteiger partial charge in [-0.15, -0.1) is 0 Å². The molecule has 0 spiro atoms. The number of carbonyl (C=O) groups is 2. The molecule has 30 heavy (non-hydrogen) atoms. The molecule has 2 fully saturated rings. The number of anilines is 1. The van der Waals surface area contributed by atoms with Crippen LogP contribution in [0.2, 0.25) is 0 Å². The number of hydrogen-bond donors (Lipinski definition) is 1. The van der Waals surface area contributed by atoms with Crippen molar-refractivity contribution in [3.05, 3.63) is 29.8 Å². The molecule has 0 aliphatic carbocycles. The van der Waals surface area contributed by atoms with E-state index in [-0.39, 0.29) is 12.5 Å². The second-order valence-corrected chi connectivity index (χ2v) is 9.69. The van der Waals surface area contributed by atoms with Gasteiger partial charge in [0.25, 0.3) is 0 Å². The van der Waals surface area contributed by atoms with Crippen molar-refractivity contribution < 1.29 is 19.4 Å². The van der Waals surface area contributed by atoms with Gasteiger partial charge in [0.1, 0.15) is 5.60 Å². The molecule has 0 saturated carbocycles. The van der Waals surface area contributed by atoms with E-state index in [4.69, 9.17) is 9.84 Å². The van der Waals surface area contributed by atoms with Gasteiger partial charge in [-0.05, 0) is 82.4 Å². The van der Waals surface area contributed by atoms with Crippen molar-refractivity contribution in [2.75, 3.05) is 31.1 Å². The van der Waals surface area contributed by atoms with Gasteiger partial charge < -0.3 is 19.6 Å². The molecule has 6 heteroatoms. The molecule has 0 radical (unpaired) electrons. The molecule has 1 N–H and O–H groups in total. The first-order chi connectivity index (χ1) is 14.2. The summed E-state index contributed by atoms with van der Waals surface area (Å²) < 4.78 is 5.51. The lowest BCUT2D eigenvalue weighted by atomic mass is 9.79. The van der Waals surface area contributed by atoms with Crippen molar-refractivity contribution in [3.63, 3.8) is 0 Å². The van der Waals surface area contributed by atoms with E-state index < -0.39 is 11.6 Å². The number of benzene rings is 1. The van der Waals surface area contributed by atoms with Gasteiger partial charge in [-0.2, -0.15) is 0 Å². The predicted molar refractivity (Wildman–Crippen MR) is 118 cm³/mol. The van der Waals surface area contributed by atoms with Crippen molar-refractivity contribution >= 4 is 17.7 Å². The van der Waals surface area contributed by atoms with Crippen LogP contribution in [0.15, 0.2) is 24.3 Å². The Morgan fingerprint density at radius 2 is 1.50 bits per heavy atom. The van der Waals surface area contributed by atoms with Gasteiger partial charge in [0.15, 0.2) is 0 Å². The first-order valence-corrected chi connectivity index (χ1v) is 11.2. The summed E-state index contributed by atoms with van der Waals surface area (Å²) in [4.78, 5) is 27.3. The number of aryl methyl sites for hydroxylation is 1. The Bertz CT molecular complexity index is 710. The van der Waals surface area contributed by atoms with E-state index >= 15 is 0 Å². The second-order valence-electron chi connectivity index (χ2n) is 9.69. The van der Waals surface area contributed by atoms with Crippen molar-refractivity contribution in [3.8, 4) is 0 Å². The highest BCUT2D eigenvalue weighted by atomic mass is 16.6. The number of nitrogens with zero attached hydrogens (tertiary/aromatic N) is 2. The molecular weight excluding hydrogens is 380 g/mol. The molecule has 0 bridgehead atoms. The minimum absolute atomic E-state index is 0.178. The van der Waals surface area contributed by atoms with E-state index in [1.54, 1.807) is 0 Å². The maximum atomic E-state index is 12.3. The molecule has 2 aliphatic heterocycles. The Labute approximate surface area is 180 Å². The minimum atomic E-state index is -0.752. The molecule has 0 aromatic heterocycles. The molecule has 1 aromatic rings. The molecule has 3 rings (SSSR count). The van der Waals surface area contributed by atoms with E-state index in [0.717, 1.165) is 50.5 Å². The molecular formula is C24H36N2O4. The number of aliphatic carboxylic acids is 1. The van der Waals surface area contributed by atoms with Gasteiger partial charge in [-0.3, -0.25) is 4.79 Å². The Balaban J connectivity index is 1.43. The predicted octanol–water partition coefficient (Wildman–Crippen LogP) is 4.57. The van der Waals surface area contributed by atoms with E-state index in [9.17, 15) is 9.59 Å². The monoisotopic (exact) mass is 416 g/mol. The fourth-order valence-electron chi connectivity index (χ4n) is 4.63. The zero-order valence-electron chi connectivity index (χ0n) is 18.6. The van der Waals surface area contributed by atoms with Crippen LogP contribution < -0.4 is 4.90 Å².